The molecule has 0 spiro atoms. The third kappa shape index (κ3) is 5.72. The summed E-state index contributed by atoms with van der Waals surface area (Å²) in [7, 11) is 0. The fourth-order valence-electron chi connectivity index (χ4n) is 1.76. The van der Waals surface area contributed by atoms with Gasteiger partial charge in [-0.15, -0.1) is 6.92 Å². The maximum Gasteiger partial charge on any atom is 4.00 e. The van der Waals surface area contributed by atoms with Crippen LogP contribution in [0.4, 0.5) is 0 Å². The van der Waals surface area contributed by atoms with Crippen LogP contribution in [0.3, 0.4) is 0 Å². The Morgan fingerprint density at radius 1 is 1.06 bits per heavy atom. The minimum absolute atomic E-state index is 0. The molecule has 0 fully saturated rings. The molecule has 0 aromatic heterocycles. The summed E-state index contributed by atoms with van der Waals surface area (Å²) >= 11 is 0. The van der Waals surface area contributed by atoms with Crippen LogP contribution in [0.2, 0.25) is 0 Å². The number of halogens is 3. The third-order valence-corrected chi connectivity index (χ3v) is 2.92. The monoisotopic (exact) mass is 358 g/mol. The van der Waals surface area contributed by atoms with Gasteiger partial charge in [-0.1, -0.05) is 46.0 Å². The summed E-state index contributed by atoms with van der Waals surface area (Å²) in [5.74, 6) is 0. The summed E-state index contributed by atoms with van der Waals surface area (Å²) in [6.45, 7) is 11.2. The van der Waals surface area contributed by atoms with Gasteiger partial charge >= 0.3 is 26.2 Å². The molecular formula is C12H19Cl3Zr. The Bertz CT molecular complexity index is 255. The number of hydrogen-bond donors (Lipinski definition) is 0. The smallest absolute Gasteiger partial charge is 1.00 e. The van der Waals surface area contributed by atoms with Crippen LogP contribution < -0.4 is 37.2 Å². The molecule has 16 heavy (non-hydrogen) atoms. The average molecular weight is 361 g/mol. The molecule has 0 saturated heterocycles. The minimum atomic E-state index is 0. The van der Waals surface area contributed by atoms with Gasteiger partial charge in [-0.05, 0) is 0 Å². The predicted octanol–water partition coefficient (Wildman–Crippen LogP) is -5.10. The zero-order valence-electron chi connectivity index (χ0n) is 10.5. The quantitative estimate of drug-likeness (QED) is 0.432. The van der Waals surface area contributed by atoms with Crippen molar-refractivity contribution in [3.63, 3.8) is 0 Å². The number of rotatable bonds is 2. The van der Waals surface area contributed by atoms with Gasteiger partial charge in [0.25, 0.3) is 0 Å². The van der Waals surface area contributed by atoms with Gasteiger partial charge in [0.15, 0.2) is 0 Å². The first-order valence-electron chi connectivity index (χ1n) is 4.81. The van der Waals surface area contributed by atoms with Gasteiger partial charge in [-0.2, -0.15) is 11.1 Å². The molecule has 1 aliphatic carbocycles. The molecule has 0 aliphatic heterocycles. The molecule has 1 rings (SSSR count). The zero-order chi connectivity index (χ0) is 9.35. The molecule has 0 aromatic carbocycles. The van der Waals surface area contributed by atoms with Crippen LogP contribution in [-0.2, 0) is 26.2 Å². The average Bonchev–Trinajstić information content (AvgIpc) is 2.16. The number of allylic oxidation sites excluding steroid dienone is 4. The standard InChI is InChI=1S/C12H19.3ClH.Zr/c1-6-7-11-8-12(4,5)10(3)9(11)2;;;;/h6-7H2,1-5H3;3*1H;/q-1;;;;+4/p-3. The molecule has 0 radical (unpaired) electrons. The SMILES string of the molecule is CCCC1=[C-]C(C)(C)C(C)=C1C.[Cl-].[Cl-].[Cl-].[Zr+4]. The van der Waals surface area contributed by atoms with E-state index in [2.05, 4.69) is 40.7 Å². The van der Waals surface area contributed by atoms with E-state index >= 15 is 0 Å². The van der Waals surface area contributed by atoms with Crippen molar-refractivity contribution >= 4 is 0 Å². The second kappa shape index (κ2) is 10.2. The number of hydrogen-bond acceptors (Lipinski definition) is 0. The molecule has 0 nitrogen and oxygen atoms in total. The van der Waals surface area contributed by atoms with Gasteiger partial charge in [-0.25, -0.2) is 5.57 Å². The Balaban J connectivity index is -0.000000180. The van der Waals surface area contributed by atoms with E-state index in [9.17, 15) is 0 Å². The zero-order valence-corrected chi connectivity index (χ0v) is 15.3. The van der Waals surface area contributed by atoms with Crippen molar-refractivity contribution in [2.24, 2.45) is 5.41 Å². The molecule has 0 bridgehead atoms. The Morgan fingerprint density at radius 2 is 1.50 bits per heavy atom. The van der Waals surface area contributed by atoms with Crippen molar-refractivity contribution in [3.8, 4) is 0 Å². The molecular weight excluding hydrogens is 342 g/mol. The van der Waals surface area contributed by atoms with E-state index in [1.54, 1.807) is 0 Å². The van der Waals surface area contributed by atoms with Crippen LogP contribution in [0.1, 0.15) is 47.5 Å². The van der Waals surface area contributed by atoms with Gasteiger partial charge in [0.05, 0.1) is 0 Å². The van der Waals surface area contributed by atoms with Crippen molar-refractivity contribution in [2.75, 3.05) is 0 Å². The first kappa shape index (κ1) is 25.9. The van der Waals surface area contributed by atoms with E-state index in [1.165, 1.54) is 29.6 Å². The summed E-state index contributed by atoms with van der Waals surface area (Å²) in [4.78, 5) is 0. The first-order chi connectivity index (χ1) is 5.49. The molecule has 0 unspecified atom stereocenters. The summed E-state index contributed by atoms with van der Waals surface area (Å²) in [5, 5.41) is 0. The van der Waals surface area contributed by atoms with E-state index in [-0.39, 0.29) is 68.8 Å². The van der Waals surface area contributed by atoms with E-state index < -0.39 is 0 Å². The molecule has 0 atom stereocenters. The molecule has 0 amide bonds. The largest absolute Gasteiger partial charge is 4.00 e. The van der Waals surface area contributed by atoms with E-state index in [1.807, 2.05) is 0 Å². The van der Waals surface area contributed by atoms with Crippen molar-refractivity contribution < 1.29 is 63.4 Å². The fraction of sp³-hybridized carbons (Fsp3) is 0.667. The Labute approximate surface area is 138 Å². The van der Waals surface area contributed by atoms with Crippen LogP contribution in [0.25, 0.3) is 0 Å². The van der Waals surface area contributed by atoms with Crippen molar-refractivity contribution in [1.29, 1.82) is 0 Å². The summed E-state index contributed by atoms with van der Waals surface area (Å²) in [6, 6.07) is 0. The molecule has 0 heterocycles. The first-order valence-corrected chi connectivity index (χ1v) is 4.81. The van der Waals surface area contributed by atoms with Crippen LogP contribution in [-0.4, -0.2) is 0 Å². The Morgan fingerprint density at radius 3 is 1.75 bits per heavy atom. The topological polar surface area (TPSA) is 0 Å². The van der Waals surface area contributed by atoms with E-state index in [4.69, 9.17) is 0 Å². The molecule has 0 saturated carbocycles. The minimum Gasteiger partial charge on any atom is -1.00 e. The summed E-state index contributed by atoms with van der Waals surface area (Å²) in [5.41, 5.74) is 4.60. The van der Waals surface area contributed by atoms with Crippen molar-refractivity contribution in [3.05, 3.63) is 22.8 Å². The predicted molar refractivity (Wildman–Crippen MR) is 53.8 cm³/mol. The third-order valence-electron chi connectivity index (χ3n) is 2.92. The summed E-state index contributed by atoms with van der Waals surface area (Å²) < 4.78 is 0. The van der Waals surface area contributed by atoms with Crippen LogP contribution in [0.5, 0.6) is 0 Å². The Hall–Kier alpha value is 1.23. The van der Waals surface area contributed by atoms with Gasteiger partial charge < -0.3 is 37.2 Å². The van der Waals surface area contributed by atoms with E-state index in [0.29, 0.717) is 0 Å². The molecule has 0 N–H and O–H groups in total. The van der Waals surface area contributed by atoms with Gasteiger partial charge in [0, 0.05) is 0 Å². The van der Waals surface area contributed by atoms with E-state index in [0.717, 1.165) is 0 Å². The van der Waals surface area contributed by atoms with Crippen LogP contribution >= 0.6 is 0 Å². The van der Waals surface area contributed by atoms with Crippen molar-refractivity contribution in [1.82, 2.24) is 0 Å². The Kier molecular flexibility index (Phi) is 16.5. The molecule has 0 aromatic rings. The maximum atomic E-state index is 3.57. The van der Waals surface area contributed by atoms with Crippen LogP contribution in [0, 0.1) is 11.5 Å². The molecule has 1 aliphatic rings. The molecule has 4 heteroatoms. The van der Waals surface area contributed by atoms with Crippen molar-refractivity contribution in [2.45, 2.75) is 47.5 Å². The second-order valence-electron chi connectivity index (χ2n) is 4.23. The summed E-state index contributed by atoms with van der Waals surface area (Å²) in [6.07, 6.45) is 5.99. The van der Waals surface area contributed by atoms with Gasteiger partial charge in [0.1, 0.15) is 0 Å². The fourth-order valence-corrected chi connectivity index (χ4v) is 1.76. The van der Waals surface area contributed by atoms with Gasteiger partial charge in [-0.3, -0.25) is 6.08 Å². The normalized spacial score (nSPS) is 16.2. The van der Waals surface area contributed by atoms with Gasteiger partial charge in [0.2, 0.25) is 0 Å². The second-order valence-corrected chi connectivity index (χ2v) is 4.23. The van der Waals surface area contributed by atoms with Crippen LogP contribution in [0.15, 0.2) is 16.7 Å². The molecule has 92 valence electrons. The maximum absolute atomic E-state index is 3.57.